The van der Waals surface area contributed by atoms with Crippen molar-refractivity contribution in [2.45, 2.75) is 36.4 Å². The number of benzene rings is 1. The fourth-order valence-electron chi connectivity index (χ4n) is 1.79. The van der Waals surface area contributed by atoms with Crippen LogP contribution in [0.3, 0.4) is 0 Å². The van der Waals surface area contributed by atoms with Crippen LogP contribution in [-0.2, 0) is 19.0 Å². The molecule has 0 amide bonds. The number of hydrogen-bond donors (Lipinski definition) is 3. The summed E-state index contributed by atoms with van der Waals surface area (Å²) in [6.07, 6.45) is -6.09. The number of hydrogen-bond acceptors (Lipinski definition) is 7. The zero-order chi connectivity index (χ0) is 14.9. The molecule has 0 saturated carbocycles. The predicted octanol–water partition coefficient (Wildman–Crippen LogP) is -0.861. The van der Waals surface area contributed by atoms with E-state index in [1.807, 2.05) is 0 Å². The van der Waals surface area contributed by atoms with Crippen molar-refractivity contribution in [2.24, 2.45) is 0 Å². The van der Waals surface area contributed by atoms with Crippen molar-refractivity contribution in [1.82, 2.24) is 0 Å². The van der Waals surface area contributed by atoms with E-state index in [4.69, 9.17) is 8.92 Å². The lowest BCUT2D eigenvalue weighted by atomic mass is 10.1. The third-order valence-electron chi connectivity index (χ3n) is 3.00. The van der Waals surface area contributed by atoms with Crippen LogP contribution in [0.15, 0.2) is 29.2 Å². The molecule has 0 radical (unpaired) electrons. The van der Waals surface area contributed by atoms with Gasteiger partial charge in [-0.05, 0) is 19.1 Å². The molecule has 4 atom stereocenters. The van der Waals surface area contributed by atoms with Gasteiger partial charge in [0.1, 0.15) is 12.2 Å². The van der Waals surface area contributed by atoms with Gasteiger partial charge in [0.2, 0.25) is 0 Å². The van der Waals surface area contributed by atoms with Crippen molar-refractivity contribution >= 4 is 10.1 Å². The third-order valence-corrected chi connectivity index (χ3v) is 4.32. The Morgan fingerprint density at radius 1 is 1.20 bits per heavy atom. The summed E-state index contributed by atoms with van der Waals surface area (Å²) in [5, 5.41) is 28.6. The van der Waals surface area contributed by atoms with E-state index in [-0.39, 0.29) is 11.5 Å². The first-order valence-electron chi connectivity index (χ1n) is 5.97. The molecule has 1 fully saturated rings. The van der Waals surface area contributed by atoms with Crippen LogP contribution in [0.2, 0.25) is 0 Å². The molecule has 8 heteroatoms. The summed E-state index contributed by atoms with van der Waals surface area (Å²) >= 11 is 0. The monoisotopic (exact) mass is 304 g/mol. The molecular formula is C12H16O7S. The number of aryl methyl sites for hydroxylation is 1. The molecule has 0 unspecified atom stereocenters. The van der Waals surface area contributed by atoms with Gasteiger partial charge in [-0.2, -0.15) is 8.42 Å². The van der Waals surface area contributed by atoms with Crippen LogP contribution in [-0.4, -0.2) is 54.9 Å². The SMILES string of the molecule is Cc1ccc(S(=O)(=O)O[C@H]2[C@@H](O)[C@H](O)CO[C@H]2O)cc1. The molecule has 2 rings (SSSR count). The molecule has 1 aromatic rings. The highest BCUT2D eigenvalue weighted by Crippen LogP contribution is 2.22. The highest BCUT2D eigenvalue weighted by Gasteiger charge is 2.41. The number of ether oxygens (including phenoxy) is 1. The molecule has 112 valence electrons. The Balaban J connectivity index is 2.20. The van der Waals surface area contributed by atoms with Gasteiger partial charge in [-0.15, -0.1) is 0 Å². The summed E-state index contributed by atoms with van der Waals surface area (Å²) in [6.45, 7) is 1.50. The van der Waals surface area contributed by atoms with E-state index in [1.54, 1.807) is 19.1 Å². The second kappa shape index (κ2) is 5.76. The zero-order valence-corrected chi connectivity index (χ0v) is 11.5. The highest BCUT2D eigenvalue weighted by molar-refractivity contribution is 7.86. The Morgan fingerprint density at radius 2 is 1.80 bits per heavy atom. The van der Waals surface area contributed by atoms with Crippen LogP contribution in [0.4, 0.5) is 0 Å². The van der Waals surface area contributed by atoms with Crippen LogP contribution >= 0.6 is 0 Å². The van der Waals surface area contributed by atoms with Gasteiger partial charge in [-0.3, -0.25) is 4.18 Å². The molecule has 7 nitrogen and oxygen atoms in total. The largest absolute Gasteiger partial charge is 0.388 e. The maximum absolute atomic E-state index is 12.0. The van der Waals surface area contributed by atoms with Crippen molar-refractivity contribution < 1.29 is 32.7 Å². The number of rotatable bonds is 3. The van der Waals surface area contributed by atoms with Gasteiger partial charge in [0.05, 0.1) is 11.5 Å². The molecule has 0 aliphatic carbocycles. The Hall–Kier alpha value is -1.03. The summed E-state index contributed by atoms with van der Waals surface area (Å²) in [6, 6.07) is 5.89. The van der Waals surface area contributed by atoms with E-state index in [1.165, 1.54) is 12.1 Å². The van der Waals surface area contributed by atoms with Gasteiger partial charge in [-0.1, -0.05) is 17.7 Å². The van der Waals surface area contributed by atoms with Gasteiger partial charge in [0.15, 0.2) is 12.4 Å². The summed E-state index contributed by atoms with van der Waals surface area (Å²) in [7, 11) is -4.18. The van der Waals surface area contributed by atoms with Crippen LogP contribution in [0.25, 0.3) is 0 Å². The number of aliphatic hydroxyl groups excluding tert-OH is 3. The zero-order valence-electron chi connectivity index (χ0n) is 10.7. The standard InChI is InChI=1S/C12H16O7S/c1-7-2-4-8(5-3-7)20(16,17)19-11-10(14)9(13)6-18-12(11)15/h2-5,9-15H,6H2,1H3/t9-,10+,11+,12-/m1/s1. The summed E-state index contributed by atoms with van der Waals surface area (Å²) < 4.78 is 33.6. The van der Waals surface area contributed by atoms with Gasteiger partial charge >= 0.3 is 0 Å². The molecule has 3 N–H and O–H groups in total. The molecule has 20 heavy (non-hydrogen) atoms. The van der Waals surface area contributed by atoms with Crippen LogP contribution in [0.5, 0.6) is 0 Å². The minimum absolute atomic E-state index is 0.109. The predicted molar refractivity (Wildman–Crippen MR) is 67.2 cm³/mol. The molecule has 0 aromatic heterocycles. The highest BCUT2D eigenvalue weighted by atomic mass is 32.2. The van der Waals surface area contributed by atoms with E-state index >= 15 is 0 Å². The molecule has 1 saturated heterocycles. The van der Waals surface area contributed by atoms with Crippen LogP contribution in [0, 0.1) is 6.92 Å². The molecule has 1 aliphatic heterocycles. The summed E-state index contributed by atoms with van der Waals surface area (Å²) in [5.41, 5.74) is 0.875. The fourth-order valence-corrected chi connectivity index (χ4v) is 2.87. The molecule has 0 spiro atoms. The van der Waals surface area contributed by atoms with Crippen molar-refractivity contribution in [2.75, 3.05) is 6.61 Å². The summed E-state index contributed by atoms with van der Waals surface area (Å²) in [5.74, 6) is 0. The number of aliphatic hydroxyl groups is 3. The lowest BCUT2D eigenvalue weighted by Gasteiger charge is -2.34. The second-order valence-corrected chi connectivity index (χ2v) is 6.18. The lowest BCUT2D eigenvalue weighted by Crippen LogP contribution is -2.54. The normalized spacial score (nSPS) is 31.2. The van der Waals surface area contributed by atoms with Gasteiger partial charge in [0.25, 0.3) is 10.1 Å². The molecular weight excluding hydrogens is 288 g/mol. The van der Waals surface area contributed by atoms with E-state index in [9.17, 15) is 23.7 Å². The van der Waals surface area contributed by atoms with Gasteiger partial charge in [0, 0.05) is 0 Å². The Morgan fingerprint density at radius 3 is 2.40 bits per heavy atom. The molecule has 1 aromatic carbocycles. The quantitative estimate of drug-likeness (QED) is 0.623. The first kappa shape index (κ1) is 15.4. The van der Waals surface area contributed by atoms with E-state index in [0.717, 1.165) is 5.56 Å². The van der Waals surface area contributed by atoms with Crippen molar-refractivity contribution in [3.63, 3.8) is 0 Å². The smallest absolute Gasteiger partial charge is 0.297 e. The molecule has 0 bridgehead atoms. The maximum atomic E-state index is 12.0. The fraction of sp³-hybridized carbons (Fsp3) is 0.500. The third kappa shape index (κ3) is 3.17. The van der Waals surface area contributed by atoms with Crippen molar-refractivity contribution in [3.8, 4) is 0 Å². The van der Waals surface area contributed by atoms with Crippen LogP contribution in [0.1, 0.15) is 5.56 Å². The van der Waals surface area contributed by atoms with Gasteiger partial charge in [-0.25, -0.2) is 0 Å². The minimum atomic E-state index is -4.18. The Bertz CT molecular complexity index is 554. The first-order chi connectivity index (χ1) is 9.31. The average molecular weight is 304 g/mol. The van der Waals surface area contributed by atoms with Crippen LogP contribution < -0.4 is 0 Å². The lowest BCUT2D eigenvalue weighted by molar-refractivity contribution is -0.244. The topological polar surface area (TPSA) is 113 Å². The summed E-state index contributed by atoms with van der Waals surface area (Å²) in [4.78, 5) is -0.109. The van der Waals surface area contributed by atoms with E-state index in [2.05, 4.69) is 0 Å². The first-order valence-corrected chi connectivity index (χ1v) is 7.38. The Labute approximate surface area is 116 Å². The average Bonchev–Trinajstić information content (AvgIpc) is 2.40. The van der Waals surface area contributed by atoms with Crippen molar-refractivity contribution in [1.29, 1.82) is 0 Å². The second-order valence-electron chi connectivity index (χ2n) is 4.61. The van der Waals surface area contributed by atoms with E-state index < -0.39 is 34.7 Å². The molecule has 1 heterocycles. The maximum Gasteiger partial charge on any atom is 0.297 e. The van der Waals surface area contributed by atoms with Crippen molar-refractivity contribution in [3.05, 3.63) is 29.8 Å². The van der Waals surface area contributed by atoms with Gasteiger partial charge < -0.3 is 20.1 Å². The Kier molecular flexibility index (Phi) is 4.43. The van der Waals surface area contributed by atoms with E-state index in [0.29, 0.717) is 0 Å². The molecule has 1 aliphatic rings. The minimum Gasteiger partial charge on any atom is -0.388 e.